The van der Waals surface area contributed by atoms with Crippen molar-refractivity contribution in [3.05, 3.63) is 47.2 Å². The van der Waals surface area contributed by atoms with E-state index in [1.165, 1.54) is 6.20 Å². The van der Waals surface area contributed by atoms with Gasteiger partial charge < -0.3 is 10.0 Å². The van der Waals surface area contributed by atoms with E-state index >= 15 is 0 Å². The largest absolute Gasteiger partial charge is 0.481 e. The van der Waals surface area contributed by atoms with Crippen molar-refractivity contribution >= 4 is 23.5 Å². The van der Waals surface area contributed by atoms with Crippen molar-refractivity contribution in [1.82, 2.24) is 14.7 Å². The number of halogens is 1. The van der Waals surface area contributed by atoms with Crippen LogP contribution in [0.2, 0.25) is 5.02 Å². The molecule has 6 nitrogen and oxygen atoms in total. The van der Waals surface area contributed by atoms with Crippen LogP contribution in [0.25, 0.3) is 5.69 Å². The van der Waals surface area contributed by atoms with E-state index in [9.17, 15) is 9.59 Å². The maximum Gasteiger partial charge on any atom is 0.308 e. The molecular formula is C16H16ClN3O3. The number of carboxylic acid groups (broad SMARTS) is 1. The van der Waals surface area contributed by atoms with Gasteiger partial charge in [0.2, 0.25) is 0 Å². The zero-order valence-electron chi connectivity index (χ0n) is 12.4. The summed E-state index contributed by atoms with van der Waals surface area (Å²) in [6.07, 6.45) is 4.44. The molecule has 0 saturated carbocycles. The second-order valence-corrected chi connectivity index (χ2v) is 6.02. The minimum atomic E-state index is -0.850. The predicted octanol–water partition coefficient (Wildman–Crippen LogP) is 2.46. The van der Waals surface area contributed by atoms with E-state index in [4.69, 9.17) is 16.7 Å². The molecule has 0 bridgehead atoms. The van der Waals surface area contributed by atoms with E-state index in [0.717, 1.165) is 5.69 Å². The molecule has 1 aliphatic rings. The number of hydrogen-bond acceptors (Lipinski definition) is 3. The number of carboxylic acids is 1. The Morgan fingerprint density at radius 1 is 1.35 bits per heavy atom. The molecule has 120 valence electrons. The summed E-state index contributed by atoms with van der Waals surface area (Å²) < 4.78 is 1.58. The number of aromatic nitrogens is 2. The first-order chi connectivity index (χ1) is 11.0. The highest BCUT2D eigenvalue weighted by Gasteiger charge is 2.29. The Bertz CT molecular complexity index is 744. The highest BCUT2D eigenvalue weighted by atomic mass is 35.5. The van der Waals surface area contributed by atoms with E-state index < -0.39 is 11.9 Å². The molecular weight excluding hydrogens is 318 g/mol. The van der Waals surface area contributed by atoms with Crippen LogP contribution in [0.3, 0.4) is 0 Å². The Kier molecular flexibility index (Phi) is 4.34. The summed E-state index contributed by atoms with van der Waals surface area (Å²) in [5.74, 6) is -1.53. The Balaban J connectivity index is 1.77. The number of rotatable bonds is 3. The minimum Gasteiger partial charge on any atom is -0.481 e. The highest BCUT2D eigenvalue weighted by Crippen LogP contribution is 2.20. The van der Waals surface area contributed by atoms with E-state index in [1.54, 1.807) is 27.9 Å². The third-order valence-corrected chi connectivity index (χ3v) is 4.20. The lowest BCUT2D eigenvalue weighted by Gasteiger charge is -2.30. The van der Waals surface area contributed by atoms with Crippen LogP contribution in [0.5, 0.6) is 0 Å². The molecule has 0 radical (unpaired) electrons. The smallest absolute Gasteiger partial charge is 0.308 e. The summed E-state index contributed by atoms with van der Waals surface area (Å²) in [6.45, 7) is 0.821. The molecule has 1 aliphatic heterocycles. The van der Waals surface area contributed by atoms with Crippen molar-refractivity contribution in [3.8, 4) is 5.69 Å². The summed E-state index contributed by atoms with van der Waals surface area (Å²) >= 11 is 5.96. The van der Waals surface area contributed by atoms with Crippen LogP contribution in [0.15, 0.2) is 36.7 Å². The van der Waals surface area contributed by atoms with Gasteiger partial charge in [-0.25, -0.2) is 4.68 Å². The van der Waals surface area contributed by atoms with Crippen molar-refractivity contribution in [1.29, 1.82) is 0 Å². The molecule has 1 atom stereocenters. The second kappa shape index (κ2) is 6.42. The van der Waals surface area contributed by atoms with Crippen molar-refractivity contribution in [2.45, 2.75) is 12.8 Å². The Morgan fingerprint density at radius 3 is 2.91 bits per heavy atom. The van der Waals surface area contributed by atoms with Crippen molar-refractivity contribution in [3.63, 3.8) is 0 Å². The first-order valence-electron chi connectivity index (χ1n) is 7.37. The SMILES string of the molecule is O=C(O)C1CCCN(C(=O)c2cnn(-c3cccc(Cl)c3)c2)C1. The lowest BCUT2D eigenvalue weighted by molar-refractivity contribution is -0.143. The van der Waals surface area contributed by atoms with Crippen LogP contribution in [-0.4, -0.2) is 44.8 Å². The molecule has 0 aliphatic carbocycles. The van der Waals surface area contributed by atoms with Gasteiger partial charge in [0.25, 0.3) is 5.91 Å². The summed E-state index contributed by atoms with van der Waals surface area (Å²) in [4.78, 5) is 25.2. The number of hydrogen-bond donors (Lipinski definition) is 1. The molecule has 1 fully saturated rings. The van der Waals surface area contributed by atoms with E-state index in [0.29, 0.717) is 30.0 Å². The van der Waals surface area contributed by atoms with Gasteiger partial charge in [0.05, 0.1) is 23.4 Å². The van der Waals surface area contributed by atoms with Crippen molar-refractivity contribution in [2.24, 2.45) is 5.92 Å². The topological polar surface area (TPSA) is 75.4 Å². The normalized spacial score (nSPS) is 18.0. The maximum absolute atomic E-state index is 12.5. The van der Waals surface area contributed by atoms with Gasteiger partial charge in [0.1, 0.15) is 0 Å². The lowest BCUT2D eigenvalue weighted by atomic mass is 9.98. The fourth-order valence-corrected chi connectivity index (χ4v) is 2.92. The van der Waals surface area contributed by atoms with E-state index in [-0.39, 0.29) is 12.5 Å². The van der Waals surface area contributed by atoms with E-state index in [2.05, 4.69) is 5.10 Å². The summed E-state index contributed by atoms with van der Waals surface area (Å²) in [6, 6.07) is 7.17. The number of piperidine rings is 1. The first-order valence-corrected chi connectivity index (χ1v) is 7.75. The average molecular weight is 334 g/mol. The van der Waals surface area contributed by atoms with Crippen LogP contribution in [0, 0.1) is 5.92 Å². The molecule has 1 amide bonds. The second-order valence-electron chi connectivity index (χ2n) is 5.58. The number of carbonyl (C=O) groups is 2. The number of amides is 1. The fourth-order valence-electron chi connectivity index (χ4n) is 2.74. The quantitative estimate of drug-likeness (QED) is 0.936. The van der Waals surface area contributed by atoms with Crippen LogP contribution in [0.1, 0.15) is 23.2 Å². The lowest BCUT2D eigenvalue weighted by Crippen LogP contribution is -2.42. The Hall–Kier alpha value is -2.34. The van der Waals surface area contributed by atoms with Gasteiger partial charge in [-0.1, -0.05) is 17.7 Å². The van der Waals surface area contributed by atoms with Gasteiger partial charge in [0, 0.05) is 24.3 Å². The van der Waals surface area contributed by atoms with Crippen LogP contribution in [0.4, 0.5) is 0 Å². The number of carbonyl (C=O) groups excluding carboxylic acids is 1. The van der Waals surface area contributed by atoms with Gasteiger partial charge in [-0.15, -0.1) is 0 Å². The summed E-state index contributed by atoms with van der Waals surface area (Å²) in [5.41, 5.74) is 1.20. The first kappa shape index (κ1) is 15.6. The standard InChI is InChI=1S/C16H16ClN3O3/c17-13-4-1-5-14(7-13)20-10-12(8-18-20)15(21)19-6-2-3-11(9-19)16(22)23/h1,4-5,7-8,10-11H,2-3,6,9H2,(H,22,23). The van der Waals surface area contributed by atoms with Gasteiger partial charge in [-0.2, -0.15) is 5.10 Å². The molecule has 1 aromatic carbocycles. The monoisotopic (exact) mass is 333 g/mol. The van der Waals surface area contributed by atoms with Crippen LogP contribution < -0.4 is 0 Å². The van der Waals surface area contributed by atoms with Gasteiger partial charge >= 0.3 is 5.97 Å². The number of nitrogens with zero attached hydrogens (tertiary/aromatic N) is 3. The van der Waals surface area contributed by atoms with Crippen LogP contribution in [-0.2, 0) is 4.79 Å². The molecule has 1 N–H and O–H groups in total. The maximum atomic E-state index is 12.5. The zero-order chi connectivity index (χ0) is 16.4. The van der Waals surface area contributed by atoms with Gasteiger partial charge in [-0.05, 0) is 31.0 Å². The van der Waals surface area contributed by atoms with Crippen molar-refractivity contribution < 1.29 is 14.7 Å². The molecule has 2 heterocycles. The highest BCUT2D eigenvalue weighted by molar-refractivity contribution is 6.30. The van der Waals surface area contributed by atoms with Gasteiger partial charge in [-0.3, -0.25) is 9.59 Å². The molecule has 7 heteroatoms. The molecule has 3 rings (SSSR count). The molecule has 2 aromatic rings. The van der Waals surface area contributed by atoms with E-state index in [1.807, 2.05) is 12.1 Å². The number of aliphatic carboxylic acids is 1. The average Bonchev–Trinajstić information content (AvgIpc) is 3.04. The Labute approximate surface area is 138 Å². The number of benzene rings is 1. The fraction of sp³-hybridized carbons (Fsp3) is 0.312. The summed E-state index contributed by atoms with van der Waals surface area (Å²) in [5, 5.41) is 13.9. The predicted molar refractivity (Wildman–Crippen MR) is 84.8 cm³/mol. The molecule has 1 saturated heterocycles. The third-order valence-electron chi connectivity index (χ3n) is 3.96. The van der Waals surface area contributed by atoms with Gasteiger partial charge in [0.15, 0.2) is 0 Å². The Morgan fingerprint density at radius 2 is 2.17 bits per heavy atom. The number of likely N-dealkylation sites (tertiary alicyclic amines) is 1. The van der Waals surface area contributed by atoms with Crippen molar-refractivity contribution in [2.75, 3.05) is 13.1 Å². The zero-order valence-corrected chi connectivity index (χ0v) is 13.1. The minimum absolute atomic E-state index is 0.191. The molecule has 23 heavy (non-hydrogen) atoms. The van der Waals surface area contributed by atoms with Crippen LogP contribution >= 0.6 is 11.6 Å². The summed E-state index contributed by atoms with van der Waals surface area (Å²) in [7, 11) is 0. The molecule has 1 unspecified atom stereocenters. The molecule has 1 aromatic heterocycles. The third kappa shape index (κ3) is 3.37. The molecule has 0 spiro atoms.